The van der Waals surface area contributed by atoms with Gasteiger partial charge in [-0.2, -0.15) is 8.62 Å². The maximum absolute atomic E-state index is 13.5. The van der Waals surface area contributed by atoms with E-state index in [0.717, 1.165) is 36.6 Å². The molecule has 0 amide bonds. The Labute approximate surface area is 424 Å². The van der Waals surface area contributed by atoms with Crippen molar-refractivity contribution in [1.29, 1.82) is 0 Å². The van der Waals surface area contributed by atoms with E-state index in [-0.39, 0.29) is 47.3 Å². The Morgan fingerprint density at radius 2 is 1.49 bits per heavy atom. The van der Waals surface area contributed by atoms with E-state index in [4.69, 9.17) is 53.2 Å². The summed E-state index contributed by atoms with van der Waals surface area (Å²) >= 11 is 0. The molecule has 5 aromatic rings. The smallest absolute Gasteiger partial charge is 0.490 e. The number of nitrogens with one attached hydrogen (secondary N) is 2. The Kier molecular flexibility index (Phi) is 17.1. The first kappa shape index (κ1) is 57.6. The third-order valence-corrected chi connectivity index (χ3v) is 17.0. The molecule has 12 N–H and O–H groups in total. The third-order valence-electron chi connectivity index (χ3n) is 11.8. The number of rotatable bonds is 23. The number of aliphatic hydroxyl groups is 3. The molecule has 0 spiro atoms. The Bertz CT molecular complexity index is 3300. The topological polar surface area (TPSA) is 519 Å². The lowest BCUT2D eigenvalue weighted by Gasteiger charge is -2.31. The fraction of sp³-hybridized carbons (Fsp3) is 0.600. The summed E-state index contributed by atoms with van der Waals surface area (Å²) in [7, 11) is -21.1. The minimum atomic E-state index is -6.20. The van der Waals surface area contributed by atoms with Crippen molar-refractivity contribution in [2.75, 3.05) is 51.6 Å². The Morgan fingerprint density at radius 1 is 0.816 bits per heavy atom. The molecule has 5 aromatic heterocycles. The van der Waals surface area contributed by atoms with Crippen molar-refractivity contribution in [3.63, 3.8) is 0 Å². The van der Waals surface area contributed by atoms with Crippen molar-refractivity contribution in [2.45, 2.75) is 80.9 Å². The molecular formula is C35H50N12O25P4. The maximum atomic E-state index is 13.5. The lowest BCUT2D eigenvalue weighted by Crippen LogP contribution is -2.45. The number of aromatic amines is 2. The van der Waals surface area contributed by atoms with Crippen LogP contribution in [0, 0.1) is 5.92 Å². The molecule has 0 saturated carbocycles. The zero-order chi connectivity index (χ0) is 55.2. The van der Waals surface area contributed by atoms with Crippen LogP contribution >= 0.6 is 31.3 Å². The van der Waals surface area contributed by atoms with Crippen LogP contribution in [-0.2, 0) is 75.7 Å². The summed E-state index contributed by atoms with van der Waals surface area (Å²) in [5.41, 5.74) is 9.28. The minimum Gasteiger partial charge on any atom is -0.756 e. The highest BCUT2D eigenvalue weighted by molar-refractivity contribution is 7.66. The monoisotopic (exact) mass is 1160 g/mol. The molecule has 41 heteroatoms. The number of nitrogens with two attached hydrogens (primary N) is 2. The number of aryl methyl sites for hydroxylation is 1. The average molecular weight is 1160 g/mol. The van der Waals surface area contributed by atoms with E-state index in [9.17, 15) is 67.5 Å². The molecule has 16 atom stereocenters. The molecule has 3 aliphatic rings. The largest absolute Gasteiger partial charge is 0.756 e. The van der Waals surface area contributed by atoms with E-state index in [2.05, 4.69) is 33.5 Å². The highest BCUT2D eigenvalue weighted by Crippen LogP contribution is 2.68. The summed E-state index contributed by atoms with van der Waals surface area (Å²) in [4.78, 5) is 102. The number of phosphoric acid groups is 4. The van der Waals surface area contributed by atoms with E-state index < -0.39 is 141 Å². The molecule has 4 unspecified atom stereocenters. The summed E-state index contributed by atoms with van der Waals surface area (Å²) < 4.78 is 115. The van der Waals surface area contributed by atoms with E-state index in [1.165, 1.54) is 27.1 Å². The number of hydrogen-bond acceptors (Lipinski definition) is 28. The predicted octanol–water partition coefficient (Wildman–Crippen LogP) is -3.83. The van der Waals surface area contributed by atoms with Gasteiger partial charge < -0.3 is 79.1 Å². The van der Waals surface area contributed by atoms with Gasteiger partial charge in [-0.15, -0.1) is 0 Å². The van der Waals surface area contributed by atoms with Crippen molar-refractivity contribution in [1.82, 2.24) is 43.6 Å². The van der Waals surface area contributed by atoms with Gasteiger partial charge in [0, 0.05) is 31.9 Å². The number of ether oxygens (including phenoxy) is 5. The molecule has 0 aliphatic carbocycles. The summed E-state index contributed by atoms with van der Waals surface area (Å²) in [5, 5.41) is 32.7. The van der Waals surface area contributed by atoms with Gasteiger partial charge in [-0.1, -0.05) is 11.9 Å². The molecule has 8 heterocycles. The normalized spacial score (nSPS) is 30.1. The highest BCUT2D eigenvalue weighted by atomic mass is 31.3. The van der Waals surface area contributed by atoms with Crippen LogP contribution in [0.1, 0.15) is 32.0 Å². The number of anilines is 2. The third kappa shape index (κ3) is 12.5. The number of H-pyrrole nitrogens is 2. The van der Waals surface area contributed by atoms with Crippen LogP contribution in [0.4, 0.5) is 11.8 Å². The summed E-state index contributed by atoms with van der Waals surface area (Å²) in [6.07, 6.45) is -13.1. The Balaban J connectivity index is 0.943. The molecule has 3 fully saturated rings. The lowest BCUT2D eigenvalue weighted by molar-refractivity contribution is -0.745. The molecule has 3 saturated heterocycles. The van der Waals surface area contributed by atoms with Crippen LogP contribution in [-0.4, -0.2) is 163 Å². The van der Waals surface area contributed by atoms with Crippen molar-refractivity contribution < 1.29 is 108 Å². The summed E-state index contributed by atoms with van der Waals surface area (Å²) in [6, 6.07) is 0.917. The van der Waals surface area contributed by atoms with Gasteiger partial charge >= 0.3 is 34.8 Å². The van der Waals surface area contributed by atoms with Crippen LogP contribution < -0.4 is 37.7 Å². The number of methoxy groups -OCH3 is 1. The van der Waals surface area contributed by atoms with E-state index in [1.54, 1.807) is 6.92 Å². The molecular weight excluding hydrogens is 1110 g/mol. The summed E-state index contributed by atoms with van der Waals surface area (Å²) in [6.45, 7) is -1.52. The van der Waals surface area contributed by atoms with Gasteiger partial charge in [-0.05, 0) is 6.42 Å². The molecule has 0 radical (unpaired) electrons. The molecule has 0 aromatic carbocycles. The van der Waals surface area contributed by atoms with E-state index >= 15 is 0 Å². The number of nitrogen functional groups attached to an aromatic ring is 2. The van der Waals surface area contributed by atoms with Crippen LogP contribution in [0.3, 0.4) is 0 Å². The SMILES string of the molecule is CCCOC[C@H]1[C@@H](O)[C@H]([n+]2cn(C)c3c(=O)[nH]c(N)nc32)O[C@@H]1COP(=O)(O)OP(=O)(O)OP(=O)(O)OC[C@H]1O[C@@H](n2cnc3c(N)ncnc32)[C@H](OC)[C@@H]1OP(=O)([O-])OC[C@H]1O[C@@H](n2ccc(=O)[nH]c2=O)[C@H](O)[C@@H]1O. The van der Waals surface area contributed by atoms with Crippen molar-refractivity contribution in [3.8, 4) is 0 Å². The molecule has 420 valence electrons. The van der Waals surface area contributed by atoms with Gasteiger partial charge in [0.25, 0.3) is 24.9 Å². The second kappa shape index (κ2) is 22.6. The lowest BCUT2D eigenvalue weighted by atomic mass is 9.99. The highest BCUT2D eigenvalue weighted by Gasteiger charge is 2.53. The molecule has 37 nitrogen and oxygen atoms in total. The zero-order valence-corrected chi connectivity index (χ0v) is 43.1. The van der Waals surface area contributed by atoms with Crippen molar-refractivity contribution in [3.05, 3.63) is 62.4 Å². The van der Waals surface area contributed by atoms with Crippen LogP contribution in [0.15, 0.2) is 45.6 Å². The van der Waals surface area contributed by atoms with Crippen LogP contribution in [0.5, 0.6) is 0 Å². The number of nitrogens with zero attached hydrogens (tertiary/aromatic N) is 8. The molecule has 8 rings (SSSR count). The van der Waals surface area contributed by atoms with Gasteiger partial charge in [0.2, 0.25) is 11.7 Å². The zero-order valence-electron chi connectivity index (χ0n) is 39.5. The first-order chi connectivity index (χ1) is 35.7. The van der Waals surface area contributed by atoms with E-state index in [1.807, 2.05) is 4.98 Å². The first-order valence-corrected chi connectivity index (χ1v) is 28.1. The van der Waals surface area contributed by atoms with Gasteiger partial charge in [-0.25, -0.2) is 38.0 Å². The molecule has 0 bridgehead atoms. The predicted molar refractivity (Wildman–Crippen MR) is 244 cm³/mol. The molecule has 76 heavy (non-hydrogen) atoms. The summed E-state index contributed by atoms with van der Waals surface area (Å²) in [5.74, 6) is -1.40. The first-order valence-electron chi connectivity index (χ1n) is 22.2. The number of phosphoric ester groups is 3. The number of imidazole rings is 2. The van der Waals surface area contributed by atoms with E-state index in [0.29, 0.717) is 6.42 Å². The number of aliphatic hydroxyl groups excluding tert-OH is 3. The van der Waals surface area contributed by atoms with Crippen molar-refractivity contribution in [2.24, 2.45) is 13.0 Å². The number of aromatic nitrogens is 10. The van der Waals surface area contributed by atoms with Gasteiger partial charge in [-0.3, -0.25) is 46.9 Å². The average Bonchev–Trinajstić information content (AvgIpc) is 4.16. The van der Waals surface area contributed by atoms with Gasteiger partial charge in [0.1, 0.15) is 54.6 Å². The number of fused-ring (bicyclic) bond motifs is 2. The van der Waals surface area contributed by atoms with Gasteiger partial charge in [0.05, 0.1) is 45.9 Å². The minimum absolute atomic E-state index is 0.00561. The number of hydrogen-bond donors (Lipinski definition) is 10. The molecule has 3 aliphatic heterocycles. The van der Waals surface area contributed by atoms with Crippen molar-refractivity contribution >= 4 is 65.4 Å². The van der Waals surface area contributed by atoms with Crippen LogP contribution in [0.25, 0.3) is 22.3 Å². The fourth-order valence-electron chi connectivity index (χ4n) is 8.44. The standard InChI is InChI=1S/C35H50N12O25P4/c1-4-7-63-8-15-16(67-31(22(15)49)47-14-44(2)21-29(47)42-34(37)43-30(21)52)9-65-74(56,57)71-76(60,61)72-75(58,59)66-11-18-25(26(62-3)33(69-18)46-13-40-20-27(36)38-12-39-28(20)46)70-73(54,55)64-10-17-23(50)24(51)32(68-17)45-6-5-19(48)41-35(45)53/h5-6,12-18,22-26,31-33,49-51H,4,7-11H2,1-3H3,(H9-,36,37,38,39,41,42,43,48,52,53,54,55,56,57,58,59,60,61)/t15-,16-,17-,18-,22-,23-,24-,25-,26-,31-,32-,33-/m1/s1. The second-order valence-electron chi connectivity index (χ2n) is 16.9. The maximum Gasteiger partial charge on any atom is 0.490 e. The van der Waals surface area contributed by atoms with Gasteiger partial charge in [0.15, 0.2) is 30.2 Å². The Morgan fingerprint density at radius 3 is 2.16 bits per heavy atom. The second-order valence-corrected chi connectivity index (χ2v) is 22.9. The quantitative estimate of drug-likeness (QED) is 0.0170. The Hall–Kier alpha value is -4.62. The fourth-order valence-corrected chi connectivity index (χ4v) is 12.9. The van der Waals surface area contributed by atoms with Crippen LogP contribution in [0.2, 0.25) is 0 Å².